The summed E-state index contributed by atoms with van der Waals surface area (Å²) in [5, 5.41) is 11.4. The zero-order chi connectivity index (χ0) is 15.8. The van der Waals surface area contributed by atoms with Crippen LogP contribution in [0.4, 0.5) is 4.39 Å². The quantitative estimate of drug-likeness (QED) is 0.756. The van der Waals surface area contributed by atoms with Crippen molar-refractivity contribution in [3.63, 3.8) is 0 Å². The van der Waals surface area contributed by atoms with Gasteiger partial charge in [0.25, 0.3) is 5.91 Å². The molecule has 5 nitrogen and oxygen atoms in total. The van der Waals surface area contributed by atoms with Crippen molar-refractivity contribution in [2.45, 2.75) is 32.4 Å². The summed E-state index contributed by atoms with van der Waals surface area (Å²) in [7, 11) is 0. The Morgan fingerprint density at radius 2 is 2.00 bits per heavy atom. The number of carboxylic acid groups (broad SMARTS) is 1. The molecule has 1 rings (SSSR count). The molecule has 0 bridgehead atoms. The van der Waals surface area contributed by atoms with Crippen molar-refractivity contribution in [1.82, 2.24) is 5.32 Å². The van der Waals surface area contributed by atoms with Crippen LogP contribution in [0.2, 0.25) is 0 Å². The fourth-order valence-electron chi connectivity index (χ4n) is 1.55. The van der Waals surface area contributed by atoms with E-state index in [1.54, 1.807) is 19.1 Å². The van der Waals surface area contributed by atoms with Gasteiger partial charge in [-0.2, -0.15) is 0 Å². The second-order valence-electron chi connectivity index (χ2n) is 4.42. The summed E-state index contributed by atoms with van der Waals surface area (Å²) in [5.74, 6) is -1.73. The highest BCUT2D eigenvalue weighted by Gasteiger charge is 2.22. The normalized spacial score (nSPS) is 13.7. The van der Waals surface area contributed by atoms with Crippen LogP contribution in [0.15, 0.2) is 36.4 Å². The molecular weight excluding hydrogens is 277 g/mol. The van der Waals surface area contributed by atoms with Crippen molar-refractivity contribution in [1.29, 1.82) is 0 Å². The number of amides is 1. The zero-order valence-electron chi connectivity index (χ0n) is 11.9. The molecule has 0 saturated heterocycles. The van der Waals surface area contributed by atoms with Gasteiger partial charge in [0.05, 0.1) is 0 Å². The summed E-state index contributed by atoms with van der Waals surface area (Å²) in [6.45, 7) is 3.26. The van der Waals surface area contributed by atoms with Crippen LogP contribution in [0.3, 0.4) is 0 Å². The van der Waals surface area contributed by atoms with Crippen LogP contribution in [0, 0.1) is 5.82 Å². The Hall–Kier alpha value is -2.37. The van der Waals surface area contributed by atoms with Gasteiger partial charge in [0.2, 0.25) is 0 Å². The summed E-state index contributed by atoms with van der Waals surface area (Å²) in [4.78, 5) is 22.9. The minimum Gasteiger partial charge on any atom is -0.481 e. The molecule has 2 atom stereocenters. The minimum absolute atomic E-state index is 0.195. The first-order chi connectivity index (χ1) is 9.93. The number of carbonyl (C=O) groups is 2. The number of ether oxygens (including phenoxy) is 1. The van der Waals surface area contributed by atoms with E-state index in [9.17, 15) is 14.0 Å². The van der Waals surface area contributed by atoms with Crippen molar-refractivity contribution < 1.29 is 23.8 Å². The number of nitrogens with one attached hydrogen (secondary N) is 1. The van der Waals surface area contributed by atoms with Crippen LogP contribution in [0.5, 0.6) is 5.75 Å². The molecular formula is C15H18FNO4. The highest BCUT2D eigenvalue weighted by Crippen LogP contribution is 2.13. The predicted octanol–water partition coefficient (Wildman–Crippen LogP) is 2.13. The van der Waals surface area contributed by atoms with Gasteiger partial charge < -0.3 is 15.2 Å². The van der Waals surface area contributed by atoms with Gasteiger partial charge in [-0.15, -0.1) is 0 Å². The molecule has 1 aromatic rings. The van der Waals surface area contributed by atoms with Crippen molar-refractivity contribution >= 4 is 11.9 Å². The van der Waals surface area contributed by atoms with Crippen LogP contribution in [-0.2, 0) is 9.59 Å². The largest absolute Gasteiger partial charge is 0.481 e. The molecule has 0 aliphatic rings. The Balaban J connectivity index is 2.60. The lowest BCUT2D eigenvalue weighted by atomic mass is 10.2. The van der Waals surface area contributed by atoms with Crippen LogP contribution in [-0.4, -0.2) is 29.1 Å². The maximum absolute atomic E-state index is 12.8. The van der Waals surface area contributed by atoms with Crippen LogP contribution in [0.1, 0.15) is 20.3 Å². The third-order valence-corrected chi connectivity index (χ3v) is 2.72. The van der Waals surface area contributed by atoms with E-state index in [4.69, 9.17) is 9.84 Å². The number of aliphatic carboxylic acids is 1. The lowest BCUT2D eigenvalue weighted by Gasteiger charge is -2.18. The Morgan fingerprint density at radius 3 is 2.52 bits per heavy atom. The molecule has 0 spiro atoms. The van der Waals surface area contributed by atoms with Gasteiger partial charge in [0.15, 0.2) is 6.10 Å². The van der Waals surface area contributed by atoms with E-state index in [1.807, 2.05) is 0 Å². The SMILES string of the molecule is C/C=C/CC(NC(=O)C(C)Oc1ccc(F)cc1)C(=O)O. The first kappa shape index (κ1) is 16.7. The highest BCUT2D eigenvalue weighted by atomic mass is 19.1. The molecule has 1 amide bonds. The van der Waals surface area contributed by atoms with E-state index in [2.05, 4.69) is 5.32 Å². The molecule has 2 N–H and O–H groups in total. The van der Waals surface area contributed by atoms with Gasteiger partial charge in [-0.1, -0.05) is 12.2 Å². The Labute approximate surface area is 122 Å². The molecule has 0 fully saturated rings. The molecule has 21 heavy (non-hydrogen) atoms. The van der Waals surface area contributed by atoms with Crippen molar-refractivity contribution in [2.75, 3.05) is 0 Å². The van der Waals surface area contributed by atoms with Crippen LogP contribution in [0.25, 0.3) is 0 Å². The van der Waals surface area contributed by atoms with E-state index < -0.39 is 29.8 Å². The van der Waals surface area contributed by atoms with Gasteiger partial charge in [0.1, 0.15) is 17.6 Å². The summed E-state index contributed by atoms with van der Waals surface area (Å²) < 4.78 is 18.1. The van der Waals surface area contributed by atoms with E-state index >= 15 is 0 Å². The van der Waals surface area contributed by atoms with Crippen molar-refractivity contribution in [3.8, 4) is 5.75 Å². The lowest BCUT2D eigenvalue weighted by molar-refractivity contribution is -0.142. The Kier molecular flexibility index (Phi) is 6.39. The van der Waals surface area contributed by atoms with Crippen molar-refractivity contribution in [2.24, 2.45) is 0 Å². The van der Waals surface area contributed by atoms with Gasteiger partial charge in [0, 0.05) is 0 Å². The molecule has 1 aromatic carbocycles. The molecule has 0 saturated carbocycles. The smallest absolute Gasteiger partial charge is 0.326 e. The maximum Gasteiger partial charge on any atom is 0.326 e. The van der Waals surface area contributed by atoms with E-state index in [0.29, 0.717) is 5.75 Å². The average Bonchev–Trinajstić information content (AvgIpc) is 2.45. The standard InChI is InChI=1S/C15H18FNO4/c1-3-4-5-13(15(19)20)17-14(18)10(2)21-12-8-6-11(16)7-9-12/h3-4,6-10,13H,5H2,1-2H3,(H,17,18)(H,19,20)/b4-3+. The van der Waals surface area contributed by atoms with Crippen molar-refractivity contribution in [3.05, 3.63) is 42.2 Å². The van der Waals surface area contributed by atoms with E-state index in [-0.39, 0.29) is 6.42 Å². The second-order valence-corrected chi connectivity index (χ2v) is 4.42. The highest BCUT2D eigenvalue weighted by molar-refractivity contribution is 5.86. The summed E-state index contributed by atoms with van der Waals surface area (Å²) in [6, 6.07) is 4.22. The first-order valence-corrected chi connectivity index (χ1v) is 6.50. The molecule has 114 valence electrons. The lowest BCUT2D eigenvalue weighted by Crippen LogP contribution is -2.46. The Bertz CT molecular complexity index is 513. The van der Waals surface area contributed by atoms with Gasteiger partial charge in [-0.3, -0.25) is 4.79 Å². The summed E-state index contributed by atoms with van der Waals surface area (Å²) in [5.41, 5.74) is 0. The number of hydrogen-bond donors (Lipinski definition) is 2. The second kappa shape index (κ2) is 8.04. The first-order valence-electron chi connectivity index (χ1n) is 6.50. The molecule has 0 aliphatic carbocycles. The number of rotatable bonds is 7. The predicted molar refractivity (Wildman–Crippen MR) is 75.5 cm³/mol. The van der Waals surface area contributed by atoms with Gasteiger partial charge >= 0.3 is 5.97 Å². The number of halogens is 1. The number of hydrogen-bond acceptors (Lipinski definition) is 3. The van der Waals surface area contributed by atoms with Gasteiger partial charge in [-0.25, -0.2) is 9.18 Å². The van der Waals surface area contributed by atoms with Crippen LogP contribution < -0.4 is 10.1 Å². The third-order valence-electron chi connectivity index (χ3n) is 2.72. The number of carboxylic acids is 1. The molecule has 0 heterocycles. The Morgan fingerprint density at radius 1 is 1.38 bits per heavy atom. The maximum atomic E-state index is 12.8. The number of allylic oxidation sites excluding steroid dienone is 1. The van der Waals surface area contributed by atoms with Gasteiger partial charge in [-0.05, 0) is 44.5 Å². The van der Waals surface area contributed by atoms with E-state index in [1.165, 1.54) is 31.2 Å². The minimum atomic E-state index is -1.12. The average molecular weight is 295 g/mol. The van der Waals surface area contributed by atoms with Crippen LogP contribution >= 0.6 is 0 Å². The zero-order valence-corrected chi connectivity index (χ0v) is 11.9. The molecule has 6 heteroatoms. The number of benzene rings is 1. The third kappa shape index (κ3) is 5.64. The topological polar surface area (TPSA) is 75.6 Å². The molecule has 0 aromatic heterocycles. The fraction of sp³-hybridized carbons (Fsp3) is 0.333. The molecule has 0 aliphatic heterocycles. The molecule has 0 radical (unpaired) electrons. The molecule has 2 unspecified atom stereocenters. The monoisotopic (exact) mass is 295 g/mol. The number of carbonyl (C=O) groups excluding carboxylic acids is 1. The summed E-state index contributed by atoms with van der Waals surface area (Å²) in [6.07, 6.45) is 2.68. The van der Waals surface area contributed by atoms with E-state index in [0.717, 1.165) is 0 Å². The summed E-state index contributed by atoms with van der Waals surface area (Å²) >= 11 is 0. The fourth-order valence-corrected chi connectivity index (χ4v) is 1.55.